The number of aliphatic imine (C=N–C) groups is 1. The molecule has 0 amide bonds. The van der Waals surface area contributed by atoms with E-state index in [2.05, 4.69) is 32.0 Å². The number of halogens is 1. The van der Waals surface area contributed by atoms with Gasteiger partial charge in [0.15, 0.2) is 5.66 Å². The highest BCUT2D eigenvalue weighted by molar-refractivity contribution is 9.10. The van der Waals surface area contributed by atoms with E-state index >= 15 is 0 Å². The summed E-state index contributed by atoms with van der Waals surface area (Å²) in [4.78, 5) is 8.99. The lowest BCUT2D eigenvalue weighted by Gasteiger charge is -2.20. The maximum absolute atomic E-state index is 9.06. The van der Waals surface area contributed by atoms with E-state index in [1.165, 1.54) is 0 Å². The summed E-state index contributed by atoms with van der Waals surface area (Å²) >= 11 is 3.44. The van der Waals surface area contributed by atoms with Gasteiger partial charge < -0.3 is 0 Å². The number of benzene rings is 2. The molecule has 0 spiro atoms. The van der Waals surface area contributed by atoms with Crippen LogP contribution in [-0.4, -0.2) is 11.2 Å². The number of aromatic nitrogens is 1. The van der Waals surface area contributed by atoms with Gasteiger partial charge in [0.1, 0.15) is 6.07 Å². The van der Waals surface area contributed by atoms with Gasteiger partial charge in [0.2, 0.25) is 0 Å². The van der Waals surface area contributed by atoms with Crippen molar-refractivity contribution in [2.45, 2.75) is 5.66 Å². The zero-order valence-electron chi connectivity index (χ0n) is 13.1. The van der Waals surface area contributed by atoms with Crippen molar-refractivity contribution >= 4 is 38.6 Å². The number of pyridine rings is 1. The number of nitriles is 1. The summed E-state index contributed by atoms with van der Waals surface area (Å²) < 4.78 is 1.03. The Labute approximate surface area is 153 Å². The topological polar surface area (TPSA) is 75.1 Å². The van der Waals surface area contributed by atoms with E-state index in [1.54, 1.807) is 12.4 Å². The molecule has 1 atom stereocenters. The number of nitrogens with zero attached hydrogens (tertiary/aromatic N) is 3. The number of fused-ring (bicyclic) bond motifs is 1. The number of para-hydroxylation sites is 1. The summed E-state index contributed by atoms with van der Waals surface area (Å²) in [6, 6.07) is 17.7. The normalized spacial score (nSPS) is 19.0. The predicted octanol–water partition coefficient (Wildman–Crippen LogP) is 4.15. The predicted molar refractivity (Wildman–Crippen MR) is 103 cm³/mol. The second-order valence-electron chi connectivity index (χ2n) is 5.90. The quantitative estimate of drug-likeness (QED) is 0.716. The average molecular weight is 389 g/mol. The van der Waals surface area contributed by atoms with Gasteiger partial charge in [0.05, 0.1) is 11.1 Å². The van der Waals surface area contributed by atoms with Gasteiger partial charge in [-0.15, -0.1) is 0 Å². The molecule has 3 aromatic rings. The fourth-order valence-electron chi connectivity index (χ4n) is 2.98. The highest BCUT2D eigenvalue weighted by Gasteiger charge is 2.30. The third-order valence-corrected chi connectivity index (χ3v) is 4.77. The van der Waals surface area contributed by atoms with Gasteiger partial charge >= 0.3 is 0 Å². The molecule has 2 heterocycles. The number of hydrogen-bond acceptors (Lipinski definition) is 4. The van der Waals surface area contributed by atoms with Gasteiger partial charge in [0, 0.05) is 27.8 Å². The molecule has 4 nitrogen and oxygen atoms in total. The van der Waals surface area contributed by atoms with Gasteiger partial charge in [0.25, 0.3) is 0 Å². The molecule has 0 radical (unpaired) electrons. The van der Waals surface area contributed by atoms with E-state index in [-0.39, 0.29) is 0 Å². The highest BCUT2D eigenvalue weighted by atomic mass is 79.9. The van der Waals surface area contributed by atoms with Gasteiger partial charge in [-0.25, -0.2) is 0 Å². The van der Waals surface area contributed by atoms with Gasteiger partial charge in [-0.05, 0) is 35.4 Å². The molecule has 0 fully saturated rings. The van der Waals surface area contributed by atoms with Crippen molar-refractivity contribution in [1.82, 2.24) is 4.98 Å². The van der Waals surface area contributed by atoms with Gasteiger partial charge in [-0.2, -0.15) is 5.26 Å². The lowest BCUT2D eigenvalue weighted by Crippen LogP contribution is -2.31. The van der Waals surface area contributed by atoms with Crippen LogP contribution >= 0.6 is 15.9 Å². The summed E-state index contributed by atoms with van der Waals surface area (Å²) in [7, 11) is 0. The van der Waals surface area contributed by atoms with Crippen molar-refractivity contribution in [3.8, 4) is 6.07 Å². The molecule has 1 unspecified atom stereocenters. The van der Waals surface area contributed by atoms with Crippen molar-refractivity contribution in [3.63, 3.8) is 0 Å². The molecule has 2 aromatic carbocycles. The van der Waals surface area contributed by atoms with Crippen LogP contribution in [0, 0.1) is 11.3 Å². The summed E-state index contributed by atoms with van der Waals surface area (Å²) in [6.45, 7) is 0. The maximum atomic E-state index is 9.06. The fourth-order valence-corrected chi connectivity index (χ4v) is 3.24. The van der Waals surface area contributed by atoms with Crippen LogP contribution in [0.15, 0.2) is 70.3 Å². The maximum Gasteiger partial charge on any atom is 0.155 e. The summed E-state index contributed by atoms with van der Waals surface area (Å²) in [5.74, 6) is 0. The van der Waals surface area contributed by atoms with Crippen LogP contribution in [0.5, 0.6) is 0 Å². The Hall–Kier alpha value is -2.81. The molecule has 120 valence electrons. The van der Waals surface area contributed by atoms with Crippen LogP contribution in [0.25, 0.3) is 16.5 Å². The van der Waals surface area contributed by atoms with E-state index in [1.807, 2.05) is 54.6 Å². The summed E-state index contributed by atoms with van der Waals surface area (Å²) in [6.07, 6.45) is 5.31. The monoisotopic (exact) mass is 388 g/mol. The Kier molecular flexibility index (Phi) is 3.72. The highest BCUT2D eigenvalue weighted by Crippen LogP contribution is 2.34. The first kappa shape index (κ1) is 15.7. The van der Waals surface area contributed by atoms with Crippen LogP contribution in [0.2, 0.25) is 0 Å². The second-order valence-corrected chi connectivity index (χ2v) is 6.82. The number of nitrogens with two attached hydrogens (primary N) is 1. The van der Waals surface area contributed by atoms with Crippen molar-refractivity contribution in [2.75, 3.05) is 0 Å². The first-order valence-corrected chi connectivity index (χ1v) is 8.51. The zero-order chi connectivity index (χ0) is 17.4. The van der Waals surface area contributed by atoms with Crippen molar-refractivity contribution in [2.24, 2.45) is 10.7 Å². The molecular formula is C20H13BrN4. The standard InChI is InChI=1S/C20H13BrN4/c21-17-6-4-14(5-7-17)16-9-20(23,25-12-16)18-3-1-2-15-8-13(10-22)11-24-19(15)18/h1-9,11-12H,23H2. The molecule has 1 aromatic heterocycles. The molecule has 4 rings (SSSR count). The van der Waals surface area contributed by atoms with Crippen LogP contribution < -0.4 is 5.73 Å². The largest absolute Gasteiger partial charge is 0.300 e. The lowest BCUT2D eigenvalue weighted by molar-refractivity contribution is 0.614. The molecule has 5 heteroatoms. The zero-order valence-corrected chi connectivity index (χ0v) is 14.7. The van der Waals surface area contributed by atoms with Crippen LogP contribution in [0.1, 0.15) is 16.7 Å². The van der Waals surface area contributed by atoms with E-state index in [4.69, 9.17) is 11.0 Å². The minimum atomic E-state index is -0.969. The molecule has 1 aliphatic rings. The SMILES string of the molecule is N#Cc1cnc2c(C3(N)C=C(c4ccc(Br)cc4)C=N3)cccc2c1. The third-order valence-electron chi connectivity index (χ3n) is 4.24. The minimum absolute atomic E-state index is 0.525. The Morgan fingerprint density at radius 3 is 2.68 bits per heavy atom. The second kappa shape index (κ2) is 5.92. The summed E-state index contributed by atoms with van der Waals surface area (Å²) in [5.41, 5.74) is 9.75. The number of hydrogen-bond donors (Lipinski definition) is 1. The molecular weight excluding hydrogens is 376 g/mol. The Morgan fingerprint density at radius 2 is 1.92 bits per heavy atom. The first-order valence-electron chi connectivity index (χ1n) is 7.71. The first-order chi connectivity index (χ1) is 12.1. The fraction of sp³-hybridized carbons (Fsp3) is 0.0500. The summed E-state index contributed by atoms with van der Waals surface area (Å²) in [5, 5.41) is 9.93. The van der Waals surface area contributed by atoms with E-state index in [0.717, 1.165) is 32.1 Å². The molecule has 2 N–H and O–H groups in total. The van der Waals surface area contributed by atoms with E-state index < -0.39 is 5.66 Å². The van der Waals surface area contributed by atoms with Crippen LogP contribution in [0.4, 0.5) is 0 Å². The van der Waals surface area contributed by atoms with E-state index in [9.17, 15) is 0 Å². The van der Waals surface area contributed by atoms with E-state index in [0.29, 0.717) is 5.56 Å². The number of rotatable bonds is 2. The van der Waals surface area contributed by atoms with Gasteiger partial charge in [-0.3, -0.25) is 15.7 Å². The third kappa shape index (κ3) is 2.76. The molecule has 0 aliphatic carbocycles. The van der Waals surface area contributed by atoms with Crippen molar-refractivity contribution in [3.05, 3.63) is 82.0 Å². The molecule has 1 aliphatic heterocycles. The van der Waals surface area contributed by atoms with Crippen molar-refractivity contribution in [1.29, 1.82) is 5.26 Å². The average Bonchev–Trinajstić information content (AvgIpc) is 3.04. The Morgan fingerprint density at radius 1 is 1.12 bits per heavy atom. The smallest absolute Gasteiger partial charge is 0.155 e. The molecule has 0 bridgehead atoms. The molecule has 0 saturated heterocycles. The van der Waals surface area contributed by atoms with Crippen LogP contribution in [0.3, 0.4) is 0 Å². The minimum Gasteiger partial charge on any atom is -0.300 e. The number of allylic oxidation sites excluding steroid dienone is 1. The van der Waals surface area contributed by atoms with Gasteiger partial charge in [-0.1, -0.05) is 46.3 Å². The Balaban J connectivity index is 1.82. The molecule has 0 saturated carbocycles. The molecule has 25 heavy (non-hydrogen) atoms. The lowest BCUT2D eigenvalue weighted by atomic mass is 9.95. The Bertz CT molecular complexity index is 1080. The van der Waals surface area contributed by atoms with Crippen LogP contribution in [-0.2, 0) is 5.66 Å². The van der Waals surface area contributed by atoms with Crippen molar-refractivity contribution < 1.29 is 0 Å².